The number of ether oxygens (including phenoxy) is 1. The first kappa shape index (κ1) is 21.8. The molecule has 0 fully saturated rings. The lowest BCUT2D eigenvalue weighted by molar-refractivity contribution is -0.136. The number of hydrogen-bond acceptors (Lipinski definition) is 7. The first-order chi connectivity index (χ1) is 15.6. The molecular weight excluding hydrogens is 424 g/mol. The van der Waals surface area contributed by atoms with E-state index >= 15 is 0 Å². The molecule has 0 bridgehead atoms. The van der Waals surface area contributed by atoms with E-state index in [1.165, 1.54) is 18.9 Å². The summed E-state index contributed by atoms with van der Waals surface area (Å²) in [6, 6.07) is 14.9. The summed E-state index contributed by atoms with van der Waals surface area (Å²) in [5.74, 6) is -0.533. The minimum absolute atomic E-state index is 0.125. The maximum atomic E-state index is 12.8. The number of methoxy groups -OCH3 is 1. The van der Waals surface area contributed by atoms with Gasteiger partial charge >= 0.3 is 5.97 Å². The number of pyridine rings is 1. The molecule has 1 amide bonds. The highest BCUT2D eigenvalue weighted by molar-refractivity contribution is 8.16. The Hall–Kier alpha value is -3.39. The van der Waals surface area contributed by atoms with E-state index in [4.69, 9.17) is 9.73 Å². The fourth-order valence-corrected chi connectivity index (χ4v) is 4.72. The van der Waals surface area contributed by atoms with Crippen LogP contribution in [0.2, 0.25) is 0 Å². The van der Waals surface area contributed by atoms with E-state index in [1.54, 1.807) is 6.20 Å². The molecular formula is C24H24N4O3S. The van der Waals surface area contributed by atoms with Gasteiger partial charge in [-0.05, 0) is 29.5 Å². The van der Waals surface area contributed by atoms with Crippen molar-refractivity contribution in [2.24, 2.45) is 4.99 Å². The molecule has 32 heavy (non-hydrogen) atoms. The van der Waals surface area contributed by atoms with Crippen LogP contribution in [0, 0.1) is 0 Å². The summed E-state index contributed by atoms with van der Waals surface area (Å²) in [6.07, 6.45) is 2.47. The van der Waals surface area contributed by atoms with Crippen molar-refractivity contribution >= 4 is 28.8 Å². The molecule has 2 aliphatic rings. The Morgan fingerprint density at radius 2 is 1.94 bits per heavy atom. The van der Waals surface area contributed by atoms with E-state index < -0.39 is 12.0 Å². The smallest absolute Gasteiger partial charge is 0.338 e. The monoisotopic (exact) mass is 448 g/mol. The molecule has 0 saturated carbocycles. The molecule has 4 rings (SSSR count). The fourth-order valence-electron chi connectivity index (χ4n) is 3.78. The number of amides is 1. The van der Waals surface area contributed by atoms with Gasteiger partial charge in [-0.3, -0.25) is 9.78 Å². The summed E-state index contributed by atoms with van der Waals surface area (Å²) < 4.78 is 5.12. The molecule has 164 valence electrons. The number of carbonyl (C=O) groups excluding carboxylic acids is 2. The highest BCUT2D eigenvalue weighted by Crippen LogP contribution is 2.45. The number of esters is 1. The van der Waals surface area contributed by atoms with Crippen LogP contribution >= 0.6 is 11.8 Å². The first-order valence-corrected chi connectivity index (χ1v) is 11.3. The Morgan fingerprint density at radius 1 is 1.16 bits per heavy atom. The largest absolute Gasteiger partial charge is 0.466 e. The zero-order valence-electron chi connectivity index (χ0n) is 17.9. The van der Waals surface area contributed by atoms with Gasteiger partial charge in [-0.2, -0.15) is 0 Å². The number of amidine groups is 1. The number of carbonyl (C=O) groups is 2. The van der Waals surface area contributed by atoms with Crippen molar-refractivity contribution in [3.05, 3.63) is 88.4 Å². The van der Waals surface area contributed by atoms with E-state index in [1.807, 2.05) is 65.8 Å². The van der Waals surface area contributed by atoms with Gasteiger partial charge in [0.25, 0.3) is 0 Å². The third-order valence-corrected chi connectivity index (χ3v) is 6.17. The summed E-state index contributed by atoms with van der Waals surface area (Å²) in [7, 11) is 1.38. The number of thioether (sulfide) groups is 1. The van der Waals surface area contributed by atoms with Crippen LogP contribution in [0.4, 0.5) is 0 Å². The minimum Gasteiger partial charge on any atom is -0.466 e. The van der Waals surface area contributed by atoms with Gasteiger partial charge in [0.2, 0.25) is 5.91 Å². The van der Waals surface area contributed by atoms with E-state index in [0.29, 0.717) is 24.2 Å². The lowest BCUT2D eigenvalue weighted by atomic mass is 9.93. The average molecular weight is 449 g/mol. The van der Waals surface area contributed by atoms with Crippen molar-refractivity contribution in [3.8, 4) is 0 Å². The Labute approximate surface area is 191 Å². The Balaban J connectivity index is 1.61. The summed E-state index contributed by atoms with van der Waals surface area (Å²) >= 11 is 1.47. The Kier molecular flexibility index (Phi) is 6.70. The van der Waals surface area contributed by atoms with Gasteiger partial charge in [0.1, 0.15) is 0 Å². The molecule has 3 heterocycles. The summed E-state index contributed by atoms with van der Waals surface area (Å²) in [4.78, 5) is 36.5. The molecule has 7 nitrogen and oxygen atoms in total. The maximum Gasteiger partial charge on any atom is 0.338 e. The van der Waals surface area contributed by atoms with Crippen molar-refractivity contribution < 1.29 is 14.3 Å². The van der Waals surface area contributed by atoms with Crippen LogP contribution in [0.25, 0.3) is 0 Å². The van der Waals surface area contributed by atoms with Crippen LogP contribution in [0.15, 0.2) is 82.1 Å². The number of fused-ring (bicyclic) bond motifs is 1. The van der Waals surface area contributed by atoms with Crippen molar-refractivity contribution in [3.63, 3.8) is 0 Å². The molecule has 0 spiro atoms. The maximum absolute atomic E-state index is 12.8. The molecule has 0 aliphatic carbocycles. The lowest BCUT2D eigenvalue weighted by Gasteiger charge is -2.36. The van der Waals surface area contributed by atoms with E-state index in [9.17, 15) is 9.59 Å². The highest BCUT2D eigenvalue weighted by Gasteiger charge is 2.41. The number of rotatable bonds is 7. The molecule has 1 atom stereocenters. The minimum atomic E-state index is -0.408. The van der Waals surface area contributed by atoms with Crippen molar-refractivity contribution in [2.45, 2.75) is 32.4 Å². The number of hydrogen-bond donors (Lipinski definition) is 1. The Bertz CT molecular complexity index is 1100. The van der Waals surface area contributed by atoms with E-state index in [0.717, 1.165) is 22.1 Å². The number of benzene rings is 1. The lowest BCUT2D eigenvalue weighted by Crippen LogP contribution is -2.38. The number of aliphatic imine (C=N–C) groups is 1. The van der Waals surface area contributed by atoms with Crippen LogP contribution in [0.3, 0.4) is 0 Å². The van der Waals surface area contributed by atoms with Gasteiger partial charge in [-0.1, -0.05) is 55.1 Å². The third-order valence-electron chi connectivity index (χ3n) is 5.28. The zero-order valence-corrected chi connectivity index (χ0v) is 18.8. The van der Waals surface area contributed by atoms with Gasteiger partial charge in [-0.25, -0.2) is 9.79 Å². The predicted octanol–water partition coefficient (Wildman–Crippen LogP) is 3.93. The predicted molar refractivity (Wildman–Crippen MR) is 124 cm³/mol. The molecule has 1 N–H and O–H groups in total. The van der Waals surface area contributed by atoms with Crippen LogP contribution in [0.5, 0.6) is 0 Å². The summed E-state index contributed by atoms with van der Waals surface area (Å²) in [6.45, 7) is 2.33. The second kappa shape index (κ2) is 9.82. The molecule has 2 aliphatic heterocycles. The number of aromatic nitrogens is 1. The topological polar surface area (TPSA) is 83.9 Å². The van der Waals surface area contributed by atoms with Gasteiger partial charge in [-0.15, -0.1) is 0 Å². The normalized spacial score (nSPS) is 17.4. The van der Waals surface area contributed by atoms with Crippen LogP contribution in [-0.2, 0) is 20.9 Å². The van der Waals surface area contributed by atoms with E-state index in [2.05, 4.69) is 10.3 Å². The van der Waals surface area contributed by atoms with Crippen LogP contribution in [-0.4, -0.2) is 34.0 Å². The zero-order chi connectivity index (χ0) is 22.5. The van der Waals surface area contributed by atoms with Crippen molar-refractivity contribution in [2.75, 3.05) is 7.11 Å². The van der Waals surface area contributed by atoms with Crippen molar-refractivity contribution in [1.82, 2.24) is 15.2 Å². The second-order valence-corrected chi connectivity index (χ2v) is 8.12. The third kappa shape index (κ3) is 4.45. The number of nitrogens with zero attached hydrogens (tertiary/aromatic N) is 3. The van der Waals surface area contributed by atoms with Gasteiger partial charge < -0.3 is 15.0 Å². The second-order valence-electron chi connectivity index (χ2n) is 7.28. The fraction of sp³-hybridized carbons (Fsp3) is 0.250. The van der Waals surface area contributed by atoms with Crippen LogP contribution in [0.1, 0.15) is 37.1 Å². The first-order valence-electron chi connectivity index (χ1n) is 10.4. The molecule has 2 aromatic rings. The standard InChI is InChI=1S/C24H24N4O3S/c1-3-19-21(23(30)31-2)22(16-9-5-4-6-10-16)28-18(15-32-24(28)27-19)13-20(29)26-14-17-11-7-8-12-25-17/h4-12,15,22H,3,13-14H2,1-2H3,(H,26,29)/t22-/m0/s1. The Morgan fingerprint density at radius 3 is 2.62 bits per heavy atom. The summed E-state index contributed by atoms with van der Waals surface area (Å²) in [5, 5.41) is 5.61. The molecule has 0 saturated heterocycles. The van der Waals surface area contributed by atoms with Gasteiger partial charge in [0, 0.05) is 11.9 Å². The quantitative estimate of drug-likeness (QED) is 0.647. The van der Waals surface area contributed by atoms with Crippen LogP contribution < -0.4 is 5.32 Å². The molecule has 0 unspecified atom stereocenters. The number of nitrogens with one attached hydrogen (secondary N) is 1. The molecule has 1 aromatic heterocycles. The number of allylic oxidation sites excluding steroid dienone is 1. The van der Waals surface area contributed by atoms with E-state index in [-0.39, 0.29) is 12.3 Å². The van der Waals surface area contributed by atoms with Crippen molar-refractivity contribution in [1.29, 1.82) is 0 Å². The highest BCUT2D eigenvalue weighted by atomic mass is 32.2. The molecule has 1 aromatic carbocycles. The van der Waals surface area contributed by atoms with Gasteiger partial charge in [0.05, 0.1) is 43.1 Å². The molecule has 0 radical (unpaired) electrons. The molecule has 8 heteroatoms. The summed E-state index contributed by atoms with van der Waals surface area (Å²) in [5.41, 5.74) is 3.73. The van der Waals surface area contributed by atoms with Gasteiger partial charge in [0.15, 0.2) is 5.17 Å². The SMILES string of the molecule is CCC1=C(C(=O)OC)[C@H](c2ccccc2)N2C(CC(=O)NCc3ccccn3)=CSC2=N1. The average Bonchev–Trinajstić information content (AvgIpc) is 3.24.